The van der Waals surface area contributed by atoms with Crippen LogP contribution in [0.4, 0.5) is 0 Å². The number of benzene rings is 1. The lowest BCUT2D eigenvalue weighted by Gasteiger charge is -2.37. The first-order chi connectivity index (χ1) is 10.7. The lowest BCUT2D eigenvalue weighted by Crippen LogP contribution is -2.47. The van der Waals surface area contributed by atoms with E-state index in [4.69, 9.17) is 0 Å². The summed E-state index contributed by atoms with van der Waals surface area (Å²) >= 11 is 0. The van der Waals surface area contributed by atoms with Gasteiger partial charge in [-0.25, -0.2) is 0 Å². The predicted octanol–water partition coefficient (Wildman–Crippen LogP) is 2.14. The van der Waals surface area contributed by atoms with Crippen molar-refractivity contribution in [3.8, 4) is 0 Å². The smallest absolute Gasteiger partial charge is 0.244 e. The SMILES string of the molecule is CCN(C)C(C(=O)N1CCCC(CNC)C1)c1ccccc1. The van der Waals surface area contributed by atoms with Crippen molar-refractivity contribution in [3.05, 3.63) is 35.9 Å². The molecule has 0 bridgehead atoms. The minimum absolute atomic E-state index is 0.167. The second-order valence-corrected chi connectivity index (χ2v) is 6.24. The molecule has 0 saturated carbocycles. The standard InChI is InChI=1S/C18H29N3O/c1-4-20(3)17(16-10-6-5-7-11-16)18(22)21-12-8-9-15(14-21)13-19-2/h5-7,10-11,15,17,19H,4,8-9,12-14H2,1-3H3. The highest BCUT2D eigenvalue weighted by molar-refractivity contribution is 5.83. The van der Waals surface area contributed by atoms with Gasteiger partial charge in [-0.2, -0.15) is 0 Å². The highest BCUT2D eigenvalue weighted by atomic mass is 16.2. The van der Waals surface area contributed by atoms with E-state index < -0.39 is 0 Å². The zero-order valence-corrected chi connectivity index (χ0v) is 14.1. The van der Waals surface area contributed by atoms with Crippen LogP contribution in [0.3, 0.4) is 0 Å². The molecule has 1 saturated heterocycles. The zero-order valence-electron chi connectivity index (χ0n) is 14.1. The van der Waals surface area contributed by atoms with Gasteiger partial charge in [0, 0.05) is 13.1 Å². The van der Waals surface area contributed by atoms with Gasteiger partial charge in [-0.3, -0.25) is 9.69 Å². The molecule has 1 aliphatic rings. The van der Waals surface area contributed by atoms with E-state index in [9.17, 15) is 4.79 Å². The minimum atomic E-state index is -0.167. The predicted molar refractivity (Wildman–Crippen MR) is 90.7 cm³/mol. The number of carbonyl (C=O) groups excluding carboxylic acids is 1. The summed E-state index contributed by atoms with van der Waals surface area (Å²) in [5.41, 5.74) is 1.09. The van der Waals surface area contributed by atoms with E-state index >= 15 is 0 Å². The minimum Gasteiger partial charge on any atom is -0.341 e. The number of hydrogen-bond acceptors (Lipinski definition) is 3. The number of hydrogen-bond donors (Lipinski definition) is 1. The molecule has 2 atom stereocenters. The first-order valence-corrected chi connectivity index (χ1v) is 8.36. The number of amides is 1. The lowest BCUT2D eigenvalue weighted by molar-refractivity contribution is -0.138. The number of likely N-dealkylation sites (N-methyl/N-ethyl adjacent to an activating group) is 1. The first-order valence-electron chi connectivity index (χ1n) is 8.36. The second-order valence-electron chi connectivity index (χ2n) is 6.24. The van der Waals surface area contributed by atoms with Crippen LogP contribution >= 0.6 is 0 Å². The molecule has 1 N–H and O–H groups in total. The van der Waals surface area contributed by atoms with Gasteiger partial charge in [-0.1, -0.05) is 37.3 Å². The Bertz CT molecular complexity index is 461. The third-order valence-electron chi connectivity index (χ3n) is 4.61. The van der Waals surface area contributed by atoms with Crippen LogP contribution in [-0.2, 0) is 4.79 Å². The third kappa shape index (κ3) is 4.08. The average Bonchev–Trinajstić information content (AvgIpc) is 2.56. The first kappa shape index (κ1) is 17.0. The van der Waals surface area contributed by atoms with E-state index in [-0.39, 0.29) is 11.9 Å². The number of piperidine rings is 1. The monoisotopic (exact) mass is 303 g/mol. The second kappa shape index (κ2) is 8.30. The fourth-order valence-electron chi connectivity index (χ4n) is 3.30. The Morgan fingerprint density at radius 2 is 2.14 bits per heavy atom. The van der Waals surface area contributed by atoms with Crippen LogP contribution in [0, 0.1) is 5.92 Å². The Hall–Kier alpha value is -1.39. The molecule has 1 aliphatic heterocycles. The van der Waals surface area contributed by atoms with E-state index in [1.807, 2.05) is 32.3 Å². The summed E-state index contributed by atoms with van der Waals surface area (Å²) < 4.78 is 0. The summed E-state index contributed by atoms with van der Waals surface area (Å²) in [6.07, 6.45) is 2.32. The number of likely N-dealkylation sites (tertiary alicyclic amines) is 1. The summed E-state index contributed by atoms with van der Waals surface area (Å²) in [5.74, 6) is 0.822. The number of rotatable bonds is 6. The normalized spacial score (nSPS) is 20.2. The molecule has 2 unspecified atom stereocenters. The molecule has 22 heavy (non-hydrogen) atoms. The van der Waals surface area contributed by atoms with Crippen LogP contribution in [0.15, 0.2) is 30.3 Å². The molecule has 0 aromatic heterocycles. The molecule has 1 amide bonds. The summed E-state index contributed by atoms with van der Waals surface area (Å²) in [4.78, 5) is 17.3. The summed E-state index contributed by atoms with van der Waals surface area (Å²) in [6.45, 7) is 5.71. The number of nitrogens with zero attached hydrogens (tertiary/aromatic N) is 2. The molecule has 1 fully saturated rings. The Morgan fingerprint density at radius 1 is 1.41 bits per heavy atom. The average molecular weight is 303 g/mol. The van der Waals surface area contributed by atoms with Gasteiger partial charge in [0.2, 0.25) is 5.91 Å². The maximum absolute atomic E-state index is 13.1. The van der Waals surface area contributed by atoms with Gasteiger partial charge in [0.25, 0.3) is 0 Å². The van der Waals surface area contributed by atoms with Gasteiger partial charge in [0.05, 0.1) is 0 Å². The molecule has 1 aromatic carbocycles. The van der Waals surface area contributed by atoms with Crippen molar-refractivity contribution >= 4 is 5.91 Å². The summed E-state index contributed by atoms with van der Waals surface area (Å²) in [5, 5.41) is 3.24. The molecular formula is C18H29N3O. The summed E-state index contributed by atoms with van der Waals surface area (Å²) in [6, 6.07) is 9.98. The van der Waals surface area contributed by atoms with Crippen LogP contribution in [0.25, 0.3) is 0 Å². The van der Waals surface area contributed by atoms with Crippen molar-refractivity contribution in [1.29, 1.82) is 0 Å². The molecule has 2 rings (SSSR count). The molecule has 0 radical (unpaired) electrons. The highest BCUT2D eigenvalue weighted by Gasteiger charge is 2.31. The molecule has 0 spiro atoms. The van der Waals surface area contributed by atoms with Crippen LogP contribution in [0.2, 0.25) is 0 Å². The van der Waals surface area contributed by atoms with Crippen LogP contribution in [0.1, 0.15) is 31.4 Å². The Labute approximate surface area is 134 Å². The van der Waals surface area contributed by atoms with E-state index in [0.29, 0.717) is 5.92 Å². The maximum Gasteiger partial charge on any atom is 0.244 e. The van der Waals surface area contributed by atoms with Crippen molar-refractivity contribution in [2.45, 2.75) is 25.8 Å². The van der Waals surface area contributed by atoms with Gasteiger partial charge in [0.15, 0.2) is 0 Å². The van der Waals surface area contributed by atoms with Crippen LogP contribution in [0.5, 0.6) is 0 Å². The molecular weight excluding hydrogens is 274 g/mol. The van der Waals surface area contributed by atoms with Crippen molar-refractivity contribution in [3.63, 3.8) is 0 Å². The van der Waals surface area contributed by atoms with Crippen molar-refractivity contribution in [1.82, 2.24) is 15.1 Å². The van der Waals surface area contributed by atoms with E-state index in [1.165, 1.54) is 6.42 Å². The Morgan fingerprint density at radius 3 is 2.77 bits per heavy atom. The highest BCUT2D eigenvalue weighted by Crippen LogP contribution is 2.25. The maximum atomic E-state index is 13.1. The van der Waals surface area contributed by atoms with Crippen LogP contribution < -0.4 is 5.32 Å². The molecule has 0 aliphatic carbocycles. The van der Waals surface area contributed by atoms with Crippen molar-refractivity contribution < 1.29 is 4.79 Å². The van der Waals surface area contributed by atoms with Gasteiger partial charge < -0.3 is 10.2 Å². The fraction of sp³-hybridized carbons (Fsp3) is 0.611. The lowest BCUT2D eigenvalue weighted by atomic mass is 9.96. The topological polar surface area (TPSA) is 35.6 Å². The van der Waals surface area contributed by atoms with E-state index in [2.05, 4.69) is 34.2 Å². The van der Waals surface area contributed by atoms with Gasteiger partial charge >= 0.3 is 0 Å². The molecule has 4 heteroatoms. The fourth-order valence-corrected chi connectivity index (χ4v) is 3.30. The molecule has 122 valence electrons. The van der Waals surface area contributed by atoms with Crippen molar-refractivity contribution in [2.75, 3.05) is 40.3 Å². The molecule has 1 aromatic rings. The Kier molecular flexibility index (Phi) is 6.40. The molecule has 1 heterocycles. The quantitative estimate of drug-likeness (QED) is 0.874. The van der Waals surface area contributed by atoms with Crippen LogP contribution in [-0.4, -0.2) is 56.0 Å². The van der Waals surface area contributed by atoms with E-state index in [0.717, 1.165) is 38.2 Å². The number of nitrogens with one attached hydrogen (secondary N) is 1. The molecule has 4 nitrogen and oxygen atoms in total. The third-order valence-corrected chi connectivity index (χ3v) is 4.61. The van der Waals surface area contributed by atoms with E-state index in [1.54, 1.807) is 0 Å². The van der Waals surface area contributed by atoms with Gasteiger partial charge in [0.1, 0.15) is 6.04 Å². The Balaban J connectivity index is 2.15. The number of carbonyl (C=O) groups is 1. The van der Waals surface area contributed by atoms with Gasteiger partial charge in [-0.15, -0.1) is 0 Å². The largest absolute Gasteiger partial charge is 0.341 e. The van der Waals surface area contributed by atoms with Gasteiger partial charge in [-0.05, 0) is 51.5 Å². The van der Waals surface area contributed by atoms with Crippen molar-refractivity contribution in [2.24, 2.45) is 5.92 Å². The zero-order chi connectivity index (χ0) is 15.9. The summed E-state index contributed by atoms with van der Waals surface area (Å²) in [7, 11) is 4.02.